The molecule has 0 saturated carbocycles. The first-order chi connectivity index (χ1) is 10.9. The molecule has 3 nitrogen and oxygen atoms in total. The molecule has 2 aromatic rings. The summed E-state index contributed by atoms with van der Waals surface area (Å²) in [5.41, 5.74) is 4.18. The molecule has 1 saturated heterocycles. The predicted octanol–water partition coefficient (Wildman–Crippen LogP) is 2.79. The van der Waals surface area contributed by atoms with Gasteiger partial charge in [-0.05, 0) is 17.2 Å². The van der Waals surface area contributed by atoms with Gasteiger partial charge in [0.1, 0.15) is 5.75 Å². The molecule has 0 bridgehead atoms. The van der Waals surface area contributed by atoms with E-state index in [1.54, 1.807) is 7.11 Å². The Labute approximate surface area is 131 Å². The Hall–Kier alpha value is -1.84. The smallest absolute Gasteiger partial charge is 0.123 e. The number of fused-ring (bicyclic) bond motifs is 3. The third-order valence-electron chi connectivity index (χ3n) is 5.00. The summed E-state index contributed by atoms with van der Waals surface area (Å²) in [6.45, 7) is 4.30. The molecule has 2 atom stereocenters. The van der Waals surface area contributed by atoms with Crippen molar-refractivity contribution in [3.63, 3.8) is 0 Å². The second-order valence-electron chi connectivity index (χ2n) is 6.14. The molecule has 2 heterocycles. The summed E-state index contributed by atoms with van der Waals surface area (Å²) in [6, 6.07) is 17.8. The van der Waals surface area contributed by atoms with E-state index < -0.39 is 0 Å². The summed E-state index contributed by atoms with van der Waals surface area (Å²) in [5.74, 6) is 1.42. The fourth-order valence-electron chi connectivity index (χ4n) is 3.96. The highest BCUT2D eigenvalue weighted by molar-refractivity contribution is 5.50. The van der Waals surface area contributed by atoms with Crippen LogP contribution in [-0.2, 0) is 0 Å². The van der Waals surface area contributed by atoms with Crippen LogP contribution in [0.3, 0.4) is 0 Å². The predicted molar refractivity (Wildman–Crippen MR) is 88.5 cm³/mol. The van der Waals surface area contributed by atoms with Crippen LogP contribution in [0.25, 0.3) is 0 Å². The highest BCUT2D eigenvalue weighted by Gasteiger charge is 2.36. The summed E-state index contributed by atoms with van der Waals surface area (Å²) in [7, 11) is 1.78. The zero-order valence-corrected chi connectivity index (χ0v) is 13.0. The molecule has 0 aromatic heterocycles. The van der Waals surface area contributed by atoms with Gasteiger partial charge < -0.3 is 10.1 Å². The van der Waals surface area contributed by atoms with E-state index in [2.05, 4.69) is 58.7 Å². The average Bonchev–Trinajstić information content (AvgIpc) is 2.61. The monoisotopic (exact) mass is 294 g/mol. The molecule has 0 spiro atoms. The molecule has 114 valence electrons. The Bertz CT molecular complexity index is 656. The summed E-state index contributed by atoms with van der Waals surface area (Å²) >= 11 is 0. The first kappa shape index (κ1) is 13.8. The van der Waals surface area contributed by atoms with E-state index in [1.807, 2.05) is 0 Å². The van der Waals surface area contributed by atoms with Gasteiger partial charge in [-0.25, -0.2) is 0 Å². The molecule has 0 radical (unpaired) electrons. The van der Waals surface area contributed by atoms with Gasteiger partial charge in [0, 0.05) is 43.7 Å². The minimum absolute atomic E-state index is 0.390. The van der Waals surface area contributed by atoms with Crippen LogP contribution in [0.4, 0.5) is 0 Å². The third-order valence-corrected chi connectivity index (χ3v) is 5.00. The first-order valence-electron chi connectivity index (χ1n) is 8.05. The molecular weight excluding hydrogens is 272 g/mol. The van der Waals surface area contributed by atoms with Crippen molar-refractivity contribution in [3.05, 3.63) is 65.2 Å². The maximum absolute atomic E-state index is 5.71. The molecule has 1 fully saturated rings. The van der Waals surface area contributed by atoms with E-state index in [1.165, 1.54) is 16.7 Å². The number of piperazine rings is 1. The minimum Gasteiger partial charge on any atom is -0.496 e. The van der Waals surface area contributed by atoms with E-state index in [0.717, 1.165) is 31.9 Å². The molecule has 1 N–H and O–H groups in total. The molecule has 0 aliphatic carbocycles. The quantitative estimate of drug-likeness (QED) is 0.922. The number of nitrogens with zero attached hydrogens (tertiary/aromatic N) is 1. The van der Waals surface area contributed by atoms with Crippen molar-refractivity contribution in [1.29, 1.82) is 0 Å². The molecule has 3 heteroatoms. The van der Waals surface area contributed by atoms with Crippen LogP contribution in [0.15, 0.2) is 48.5 Å². The van der Waals surface area contributed by atoms with Gasteiger partial charge in [0.2, 0.25) is 0 Å². The second-order valence-corrected chi connectivity index (χ2v) is 6.14. The van der Waals surface area contributed by atoms with E-state index in [0.29, 0.717) is 12.0 Å². The number of nitrogens with one attached hydrogen (secondary N) is 1. The van der Waals surface area contributed by atoms with Crippen molar-refractivity contribution in [2.75, 3.05) is 33.3 Å². The van der Waals surface area contributed by atoms with E-state index in [-0.39, 0.29) is 0 Å². The van der Waals surface area contributed by atoms with Crippen molar-refractivity contribution in [1.82, 2.24) is 10.2 Å². The fraction of sp³-hybridized carbons (Fsp3) is 0.368. The first-order valence-corrected chi connectivity index (χ1v) is 8.05. The van der Waals surface area contributed by atoms with E-state index in [4.69, 9.17) is 4.74 Å². The number of hydrogen-bond donors (Lipinski definition) is 1. The lowest BCUT2D eigenvalue weighted by atomic mass is 9.80. The standard InChI is InChI=1S/C19H22N2O/c1-22-18-9-5-8-15-17-12-20-10-11-21(17)13-16(19(15)18)14-6-3-2-4-7-14/h2-9,16-17,20H,10-13H2,1H3/t16-,17+/m1/s1. The van der Waals surface area contributed by atoms with Gasteiger partial charge in [-0.2, -0.15) is 0 Å². The summed E-state index contributed by atoms with van der Waals surface area (Å²) in [5, 5.41) is 3.53. The summed E-state index contributed by atoms with van der Waals surface area (Å²) < 4.78 is 5.71. The fourth-order valence-corrected chi connectivity index (χ4v) is 3.96. The Morgan fingerprint density at radius 3 is 2.77 bits per heavy atom. The zero-order chi connectivity index (χ0) is 14.9. The lowest BCUT2D eigenvalue weighted by molar-refractivity contribution is 0.142. The van der Waals surface area contributed by atoms with Gasteiger partial charge in [0.15, 0.2) is 0 Å². The Kier molecular flexibility index (Phi) is 3.60. The number of methoxy groups -OCH3 is 1. The van der Waals surface area contributed by atoms with Crippen LogP contribution in [-0.4, -0.2) is 38.2 Å². The number of rotatable bonds is 2. The van der Waals surface area contributed by atoms with Gasteiger partial charge in [-0.3, -0.25) is 4.90 Å². The maximum Gasteiger partial charge on any atom is 0.123 e. The van der Waals surface area contributed by atoms with Crippen molar-refractivity contribution in [2.45, 2.75) is 12.0 Å². The molecule has 22 heavy (non-hydrogen) atoms. The van der Waals surface area contributed by atoms with Gasteiger partial charge >= 0.3 is 0 Å². The summed E-state index contributed by atoms with van der Waals surface area (Å²) in [4.78, 5) is 2.62. The largest absolute Gasteiger partial charge is 0.496 e. The SMILES string of the molecule is COc1cccc2c1[C@@H](c1ccccc1)CN1CCNC[C@@H]21. The number of hydrogen-bond acceptors (Lipinski definition) is 3. The van der Waals surface area contributed by atoms with Crippen LogP contribution < -0.4 is 10.1 Å². The molecule has 2 aromatic carbocycles. The number of ether oxygens (including phenoxy) is 1. The Morgan fingerprint density at radius 1 is 1.09 bits per heavy atom. The molecule has 0 amide bonds. The topological polar surface area (TPSA) is 24.5 Å². The third kappa shape index (κ3) is 2.21. The van der Waals surface area contributed by atoms with E-state index in [9.17, 15) is 0 Å². The van der Waals surface area contributed by atoms with Crippen LogP contribution in [0, 0.1) is 0 Å². The van der Waals surface area contributed by atoms with Gasteiger partial charge in [0.25, 0.3) is 0 Å². The molecule has 2 aliphatic rings. The Balaban J connectivity index is 1.86. The van der Waals surface area contributed by atoms with Gasteiger partial charge in [-0.1, -0.05) is 42.5 Å². The second kappa shape index (κ2) is 5.75. The highest BCUT2D eigenvalue weighted by atomic mass is 16.5. The minimum atomic E-state index is 0.390. The highest BCUT2D eigenvalue weighted by Crippen LogP contribution is 2.44. The van der Waals surface area contributed by atoms with Crippen LogP contribution in [0.5, 0.6) is 5.75 Å². The van der Waals surface area contributed by atoms with Crippen LogP contribution >= 0.6 is 0 Å². The lowest BCUT2D eigenvalue weighted by Gasteiger charge is -2.44. The zero-order valence-electron chi connectivity index (χ0n) is 13.0. The lowest BCUT2D eigenvalue weighted by Crippen LogP contribution is -2.50. The maximum atomic E-state index is 5.71. The average molecular weight is 294 g/mol. The van der Waals surface area contributed by atoms with Gasteiger partial charge in [-0.15, -0.1) is 0 Å². The summed E-state index contributed by atoms with van der Waals surface area (Å²) in [6.07, 6.45) is 0. The van der Waals surface area contributed by atoms with Crippen molar-refractivity contribution in [3.8, 4) is 5.75 Å². The van der Waals surface area contributed by atoms with Crippen molar-refractivity contribution in [2.24, 2.45) is 0 Å². The Morgan fingerprint density at radius 2 is 1.95 bits per heavy atom. The van der Waals surface area contributed by atoms with Crippen molar-refractivity contribution < 1.29 is 4.74 Å². The molecule has 2 aliphatic heterocycles. The van der Waals surface area contributed by atoms with E-state index >= 15 is 0 Å². The van der Waals surface area contributed by atoms with Gasteiger partial charge in [0.05, 0.1) is 7.11 Å². The van der Waals surface area contributed by atoms with Crippen molar-refractivity contribution >= 4 is 0 Å². The molecule has 0 unspecified atom stereocenters. The normalized spacial score (nSPS) is 24.4. The van der Waals surface area contributed by atoms with Crippen LogP contribution in [0.1, 0.15) is 28.7 Å². The number of benzene rings is 2. The molecule has 4 rings (SSSR count). The molecular formula is C19H22N2O. The van der Waals surface area contributed by atoms with Crippen LogP contribution in [0.2, 0.25) is 0 Å².